The molecule has 0 aliphatic rings. The Hall–Kier alpha value is -2.17. The fourth-order valence-corrected chi connectivity index (χ4v) is 2.30. The summed E-state index contributed by atoms with van der Waals surface area (Å²) in [6.45, 7) is 8.13. The molecule has 0 spiro atoms. The Morgan fingerprint density at radius 2 is 1.85 bits per heavy atom. The van der Waals surface area contributed by atoms with Crippen LogP contribution >= 0.6 is 0 Å². The number of hydrogen-bond acceptors (Lipinski definition) is 4. The van der Waals surface area contributed by atoms with E-state index in [1.807, 2.05) is 13.8 Å². The molecule has 0 aliphatic heterocycles. The summed E-state index contributed by atoms with van der Waals surface area (Å²) in [5, 5.41) is 6.47. The van der Waals surface area contributed by atoms with Crippen LogP contribution in [0, 0.1) is 27.7 Å². The van der Waals surface area contributed by atoms with Crippen LogP contribution in [0.3, 0.4) is 0 Å². The van der Waals surface area contributed by atoms with Crippen LogP contribution in [0.15, 0.2) is 16.7 Å². The van der Waals surface area contributed by atoms with E-state index in [-0.39, 0.29) is 12.5 Å². The molecule has 5 nitrogen and oxygen atoms in total. The van der Waals surface area contributed by atoms with Gasteiger partial charge in [-0.25, -0.2) is 0 Å². The molecule has 0 saturated heterocycles. The third-order valence-electron chi connectivity index (χ3n) is 3.18. The average molecular weight is 273 g/mol. The zero-order chi connectivity index (χ0) is 14.7. The smallest absolute Gasteiger partial charge is 0.246 e. The standard InChI is InChI=1S/C15H19N3O2/c1-9-5-10(2)13(11(3)6-9)7-14(19)16-8-15-17-12(4)18-20-15/h5-6H,7-8H2,1-4H3,(H,16,19). The van der Waals surface area contributed by atoms with Gasteiger partial charge in [-0.15, -0.1) is 0 Å². The molecule has 1 aromatic carbocycles. The van der Waals surface area contributed by atoms with Gasteiger partial charge in [0, 0.05) is 0 Å². The highest BCUT2D eigenvalue weighted by atomic mass is 16.5. The van der Waals surface area contributed by atoms with Crippen molar-refractivity contribution in [1.29, 1.82) is 0 Å². The van der Waals surface area contributed by atoms with Crippen molar-refractivity contribution in [1.82, 2.24) is 15.5 Å². The van der Waals surface area contributed by atoms with Gasteiger partial charge in [-0.2, -0.15) is 4.98 Å². The molecule has 0 fully saturated rings. The van der Waals surface area contributed by atoms with Crippen LogP contribution in [0.4, 0.5) is 0 Å². The van der Waals surface area contributed by atoms with Crippen molar-refractivity contribution in [2.24, 2.45) is 0 Å². The maximum absolute atomic E-state index is 12.0. The number of amides is 1. The van der Waals surface area contributed by atoms with Crippen molar-refractivity contribution in [3.05, 3.63) is 46.1 Å². The molecule has 0 unspecified atom stereocenters. The van der Waals surface area contributed by atoms with Crippen molar-refractivity contribution >= 4 is 5.91 Å². The zero-order valence-electron chi connectivity index (χ0n) is 12.3. The molecule has 2 aromatic rings. The summed E-state index contributed by atoms with van der Waals surface area (Å²) in [5.74, 6) is 0.948. The lowest BCUT2D eigenvalue weighted by atomic mass is 9.97. The zero-order valence-corrected chi connectivity index (χ0v) is 12.3. The van der Waals surface area contributed by atoms with Gasteiger partial charge in [0.15, 0.2) is 5.82 Å². The molecule has 1 amide bonds. The Kier molecular flexibility index (Phi) is 4.17. The van der Waals surface area contributed by atoms with E-state index in [0.717, 1.165) is 16.7 Å². The Balaban J connectivity index is 1.98. The fourth-order valence-electron chi connectivity index (χ4n) is 2.30. The number of carbonyl (C=O) groups excluding carboxylic acids is 1. The molecule has 2 rings (SSSR count). The van der Waals surface area contributed by atoms with E-state index in [0.29, 0.717) is 18.1 Å². The monoisotopic (exact) mass is 273 g/mol. The van der Waals surface area contributed by atoms with Gasteiger partial charge >= 0.3 is 0 Å². The first kappa shape index (κ1) is 14.2. The van der Waals surface area contributed by atoms with Crippen LogP contribution in [-0.2, 0) is 17.8 Å². The van der Waals surface area contributed by atoms with E-state index >= 15 is 0 Å². The number of nitrogens with zero attached hydrogens (tertiary/aromatic N) is 2. The van der Waals surface area contributed by atoms with Crippen LogP contribution in [0.1, 0.15) is 34.0 Å². The Labute approximate surface area is 118 Å². The van der Waals surface area contributed by atoms with Gasteiger partial charge in [-0.1, -0.05) is 22.9 Å². The van der Waals surface area contributed by atoms with Gasteiger partial charge in [0.2, 0.25) is 11.8 Å². The topological polar surface area (TPSA) is 68.0 Å². The maximum atomic E-state index is 12.0. The number of rotatable bonds is 4. The van der Waals surface area contributed by atoms with Crippen LogP contribution in [0.25, 0.3) is 0 Å². The van der Waals surface area contributed by atoms with Crippen LogP contribution in [-0.4, -0.2) is 16.0 Å². The van der Waals surface area contributed by atoms with Gasteiger partial charge in [0.25, 0.3) is 0 Å². The minimum Gasteiger partial charge on any atom is -0.347 e. The molecular weight excluding hydrogens is 254 g/mol. The third kappa shape index (κ3) is 3.44. The fraction of sp³-hybridized carbons (Fsp3) is 0.400. The molecule has 0 radical (unpaired) electrons. The SMILES string of the molecule is Cc1cc(C)c(CC(=O)NCc2nc(C)no2)c(C)c1. The molecule has 5 heteroatoms. The molecule has 1 aromatic heterocycles. The van der Waals surface area contributed by atoms with Gasteiger partial charge in [-0.3, -0.25) is 4.79 Å². The number of aryl methyl sites for hydroxylation is 4. The highest BCUT2D eigenvalue weighted by Crippen LogP contribution is 2.16. The Morgan fingerprint density at radius 1 is 1.20 bits per heavy atom. The molecule has 1 N–H and O–H groups in total. The first-order valence-electron chi connectivity index (χ1n) is 6.58. The quantitative estimate of drug-likeness (QED) is 0.927. The normalized spacial score (nSPS) is 10.6. The number of benzene rings is 1. The Bertz CT molecular complexity index is 609. The highest BCUT2D eigenvalue weighted by molar-refractivity contribution is 5.79. The predicted molar refractivity (Wildman–Crippen MR) is 75.2 cm³/mol. The number of nitrogens with one attached hydrogen (secondary N) is 1. The van der Waals surface area contributed by atoms with Crippen LogP contribution in [0.2, 0.25) is 0 Å². The van der Waals surface area contributed by atoms with E-state index in [2.05, 4.69) is 34.5 Å². The average Bonchev–Trinajstić information content (AvgIpc) is 2.77. The second-order valence-electron chi connectivity index (χ2n) is 5.07. The van der Waals surface area contributed by atoms with Gasteiger partial charge in [-0.05, 0) is 44.4 Å². The summed E-state index contributed by atoms with van der Waals surface area (Å²) in [6, 6.07) is 4.19. The van der Waals surface area contributed by atoms with Gasteiger partial charge in [0.1, 0.15) is 0 Å². The van der Waals surface area contributed by atoms with Crippen molar-refractivity contribution in [3.8, 4) is 0 Å². The van der Waals surface area contributed by atoms with Gasteiger partial charge < -0.3 is 9.84 Å². The minimum absolute atomic E-state index is 0.0455. The summed E-state index contributed by atoms with van der Waals surface area (Å²) in [6.07, 6.45) is 0.366. The van der Waals surface area contributed by atoms with Crippen molar-refractivity contribution < 1.29 is 9.32 Å². The molecular formula is C15H19N3O2. The Morgan fingerprint density at radius 3 is 2.40 bits per heavy atom. The summed E-state index contributed by atoms with van der Waals surface area (Å²) in [4.78, 5) is 16.0. The van der Waals surface area contributed by atoms with Crippen molar-refractivity contribution in [2.75, 3.05) is 0 Å². The molecule has 20 heavy (non-hydrogen) atoms. The lowest BCUT2D eigenvalue weighted by Gasteiger charge is -2.11. The molecule has 1 heterocycles. The second-order valence-corrected chi connectivity index (χ2v) is 5.07. The lowest BCUT2D eigenvalue weighted by Crippen LogP contribution is -2.25. The maximum Gasteiger partial charge on any atom is 0.246 e. The summed E-state index contributed by atoms with van der Waals surface area (Å²) in [5.41, 5.74) is 4.58. The molecule has 0 saturated carbocycles. The van der Waals surface area contributed by atoms with Crippen molar-refractivity contribution in [3.63, 3.8) is 0 Å². The van der Waals surface area contributed by atoms with Crippen molar-refractivity contribution in [2.45, 2.75) is 40.7 Å². The first-order valence-corrected chi connectivity index (χ1v) is 6.58. The van der Waals surface area contributed by atoms with Crippen LogP contribution in [0.5, 0.6) is 0 Å². The highest BCUT2D eigenvalue weighted by Gasteiger charge is 2.10. The molecule has 0 bridgehead atoms. The van der Waals surface area contributed by atoms with E-state index in [9.17, 15) is 4.79 Å². The second kappa shape index (κ2) is 5.86. The molecule has 106 valence electrons. The molecule has 0 atom stereocenters. The van der Waals surface area contributed by atoms with Gasteiger partial charge in [0.05, 0.1) is 13.0 Å². The minimum atomic E-state index is -0.0455. The molecule has 0 aliphatic carbocycles. The van der Waals surface area contributed by atoms with E-state index < -0.39 is 0 Å². The van der Waals surface area contributed by atoms with E-state index in [1.165, 1.54) is 5.56 Å². The summed E-state index contributed by atoms with van der Waals surface area (Å²) < 4.78 is 4.95. The number of hydrogen-bond donors (Lipinski definition) is 1. The predicted octanol–water partition coefficient (Wildman–Crippen LogP) is 2.16. The van der Waals surface area contributed by atoms with Crippen LogP contribution < -0.4 is 5.32 Å². The number of carbonyl (C=O) groups is 1. The first-order chi connectivity index (χ1) is 9.45. The third-order valence-corrected chi connectivity index (χ3v) is 3.18. The van der Waals surface area contributed by atoms with E-state index in [4.69, 9.17) is 4.52 Å². The largest absolute Gasteiger partial charge is 0.347 e. The summed E-state index contributed by atoms with van der Waals surface area (Å²) in [7, 11) is 0. The number of aromatic nitrogens is 2. The van der Waals surface area contributed by atoms with E-state index in [1.54, 1.807) is 6.92 Å². The summed E-state index contributed by atoms with van der Waals surface area (Å²) >= 11 is 0. The lowest BCUT2D eigenvalue weighted by molar-refractivity contribution is -0.120.